The number of hydrogen-bond donors (Lipinski definition) is 1. The van der Waals surface area contributed by atoms with Crippen molar-refractivity contribution in [1.29, 1.82) is 0 Å². The maximum absolute atomic E-state index is 11.4. The van der Waals surface area contributed by atoms with E-state index in [1.54, 1.807) is 13.8 Å². The number of rotatable bonds is 6. The van der Waals surface area contributed by atoms with E-state index in [2.05, 4.69) is 0 Å². The number of ether oxygens (including phenoxy) is 2. The van der Waals surface area contributed by atoms with Crippen LogP contribution in [-0.2, 0) is 19.1 Å². The summed E-state index contributed by atoms with van der Waals surface area (Å²) in [7, 11) is 0. The van der Waals surface area contributed by atoms with E-state index in [0.29, 0.717) is 13.0 Å². The maximum atomic E-state index is 11.4. The minimum Gasteiger partial charge on any atom is -0.481 e. The quantitative estimate of drug-likeness (QED) is 0.510. The normalized spacial score (nSPS) is 14.8. The van der Waals surface area contributed by atoms with E-state index in [1.807, 2.05) is 27.7 Å². The van der Waals surface area contributed by atoms with Crippen LogP contribution in [0, 0.1) is 10.8 Å². The van der Waals surface area contributed by atoms with Crippen molar-refractivity contribution < 1.29 is 24.2 Å². The number of carbonyl (C=O) groups is 2. The number of carboxylic acids is 1. The first-order chi connectivity index (χ1) is 9.06. The Bertz CT molecular complexity index is 331. The highest BCUT2D eigenvalue weighted by Crippen LogP contribution is 2.22. The Balaban J connectivity index is -0.0000000910. The molecule has 0 spiro atoms. The number of carbonyl (C=O) groups excluding carboxylic acids is 1. The molecule has 1 rings (SSSR count). The van der Waals surface area contributed by atoms with Crippen molar-refractivity contribution in [1.82, 2.24) is 0 Å². The molecule has 0 saturated carbocycles. The third-order valence-corrected chi connectivity index (χ3v) is 3.70. The summed E-state index contributed by atoms with van der Waals surface area (Å²) < 4.78 is 9.99. The second-order valence-electron chi connectivity index (χ2n) is 6.33. The molecule has 0 aliphatic carbocycles. The van der Waals surface area contributed by atoms with Gasteiger partial charge in [-0.2, -0.15) is 0 Å². The van der Waals surface area contributed by atoms with E-state index in [9.17, 15) is 9.59 Å². The smallest absolute Gasteiger partial charge is 0.311 e. The molecule has 5 heteroatoms. The summed E-state index contributed by atoms with van der Waals surface area (Å²) in [4.78, 5) is 21.6. The molecule has 0 amide bonds. The molecule has 1 aliphatic heterocycles. The highest BCUT2D eigenvalue weighted by Gasteiger charge is 2.30. The van der Waals surface area contributed by atoms with Gasteiger partial charge in [-0.3, -0.25) is 9.59 Å². The van der Waals surface area contributed by atoms with Gasteiger partial charge in [0.05, 0.1) is 17.4 Å². The summed E-state index contributed by atoms with van der Waals surface area (Å²) in [5.41, 5.74) is -0.894. The largest absolute Gasteiger partial charge is 0.481 e. The maximum Gasteiger partial charge on any atom is 0.311 e. The van der Waals surface area contributed by atoms with E-state index in [-0.39, 0.29) is 47.2 Å². The third-order valence-electron chi connectivity index (χ3n) is 3.70. The molecule has 1 aliphatic rings. The lowest BCUT2D eigenvalue weighted by molar-refractivity contribution is -0.154. The lowest BCUT2D eigenvalue weighted by atomic mass is 9.91. The van der Waals surface area contributed by atoms with Crippen molar-refractivity contribution in [2.45, 2.75) is 90.2 Å². The Hall–Kier alpha value is -1.10. The summed E-state index contributed by atoms with van der Waals surface area (Å²) in [6.45, 7) is 12.2. The van der Waals surface area contributed by atoms with Crippen LogP contribution < -0.4 is 0 Å². The van der Waals surface area contributed by atoms with Crippen molar-refractivity contribution in [3.8, 4) is 0 Å². The van der Waals surface area contributed by atoms with Crippen LogP contribution in [0.4, 0.5) is 0 Å². The van der Waals surface area contributed by atoms with Gasteiger partial charge >= 0.3 is 11.9 Å². The Labute approximate surface area is 151 Å². The van der Waals surface area contributed by atoms with Crippen molar-refractivity contribution in [2.75, 3.05) is 13.2 Å². The number of carboxylic acid groups (broad SMARTS) is 1. The van der Waals surface area contributed by atoms with Crippen molar-refractivity contribution in [2.24, 2.45) is 10.8 Å². The molecule has 0 radical (unpaired) electrons. The van der Waals surface area contributed by atoms with Gasteiger partial charge in [-0.1, -0.05) is 43.6 Å². The molecule has 1 saturated heterocycles. The van der Waals surface area contributed by atoms with Gasteiger partial charge in [-0.25, -0.2) is 0 Å². The summed E-state index contributed by atoms with van der Waals surface area (Å²) >= 11 is 0. The first kappa shape index (κ1) is 34.3. The van der Waals surface area contributed by atoms with Crippen molar-refractivity contribution in [3.05, 3.63) is 0 Å². The summed E-state index contributed by atoms with van der Waals surface area (Å²) in [6, 6.07) is 0. The van der Waals surface area contributed by atoms with E-state index in [4.69, 9.17) is 14.6 Å². The molecule has 0 aromatic rings. The van der Waals surface area contributed by atoms with Gasteiger partial charge in [0.15, 0.2) is 0 Å². The minimum absolute atomic E-state index is 0. The Morgan fingerprint density at radius 1 is 1.00 bits per heavy atom. The van der Waals surface area contributed by atoms with E-state index < -0.39 is 11.4 Å². The molecule has 0 aromatic carbocycles. The first-order valence-corrected chi connectivity index (χ1v) is 7.09. The standard InChI is InChI=1S/C9H16O3.C6H12O2.4CH4/c1-4-9(2,3)8(10)12-6-7-5-11-7;1-4-6(2,3)5(7)8;;;;/h7H,4-6H2,1-3H3;4H2,1-3H3,(H,7,8);4*1H4. The Morgan fingerprint density at radius 3 is 1.58 bits per heavy atom. The molecule has 1 atom stereocenters. The molecular formula is C19H44O5. The molecular weight excluding hydrogens is 308 g/mol. The van der Waals surface area contributed by atoms with Gasteiger partial charge in [-0.15, -0.1) is 0 Å². The molecule has 1 N–H and O–H groups in total. The van der Waals surface area contributed by atoms with E-state index in [1.165, 1.54) is 0 Å². The van der Waals surface area contributed by atoms with Crippen LogP contribution >= 0.6 is 0 Å². The number of aliphatic carboxylic acids is 1. The fraction of sp³-hybridized carbons (Fsp3) is 0.895. The summed E-state index contributed by atoms with van der Waals surface area (Å²) in [6.07, 6.45) is 1.65. The molecule has 24 heavy (non-hydrogen) atoms. The molecule has 1 heterocycles. The molecule has 150 valence electrons. The SMILES string of the molecule is C.C.C.C.CCC(C)(C)C(=O)O.CCC(C)(C)C(=O)OCC1CO1. The topological polar surface area (TPSA) is 76.1 Å². The zero-order valence-electron chi connectivity index (χ0n) is 13.5. The fourth-order valence-electron chi connectivity index (χ4n) is 0.824. The predicted octanol–water partition coefficient (Wildman–Crippen LogP) is 5.42. The van der Waals surface area contributed by atoms with Crippen LogP contribution in [0.1, 0.15) is 84.1 Å². The van der Waals surface area contributed by atoms with Crippen molar-refractivity contribution >= 4 is 11.9 Å². The number of esters is 1. The van der Waals surface area contributed by atoms with Crippen LogP contribution in [0.2, 0.25) is 0 Å². The summed E-state index contributed by atoms with van der Waals surface area (Å²) in [5, 5.41) is 8.44. The van der Waals surface area contributed by atoms with E-state index >= 15 is 0 Å². The molecule has 5 nitrogen and oxygen atoms in total. The molecule has 1 unspecified atom stereocenters. The Morgan fingerprint density at radius 2 is 1.38 bits per heavy atom. The van der Waals surface area contributed by atoms with Gasteiger partial charge in [-0.05, 0) is 40.5 Å². The zero-order valence-corrected chi connectivity index (χ0v) is 13.5. The highest BCUT2D eigenvalue weighted by molar-refractivity contribution is 5.75. The monoisotopic (exact) mass is 352 g/mol. The second kappa shape index (κ2) is 14.3. The van der Waals surface area contributed by atoms with Gasteiger partial charge in [0, 0.05) is 0 Å². The lowest BCUT2D eigenvalue weighted by Crippen LogP contribution is -2.27. The first-order valence-electron chi connectivity index (χ1n) is 7.09. The Kier molecular flexibility index (Phi) is 20.4. The minimum atomic E-state index is -0.722. The average Bonchev–Trinajstić information content (AvgIpc) is 3.20. The van der Waals surface area contributed by atoms with Crippen LogP contribution in [-0.4, -0.2) is 36.4 Å². The van der Waals surface area contributed by atoms with Gasteiger partial charge in [0.2, 0.25) is 0 Å². The van der Waals surface area contributed by atoms with Crippen LogP contribution in [0.3, 0.4) is 0 Å². The van der Waals surface area contributed by atoms with Gasteiger partial charge in [0.1, 0.15) is 12.7 Å². The molecule has 0 aromatic heterocycles. The van der Waals surface area contributed by atoms with Gasteiger partial charge < -0.3 is 14.6 Å². The van der Waals surface area contributed by atoms with Crippen molar-refractivity contribution in [3.63, 3.8) is 0 Å². The van der Waals surface area contributed by atoms with Crippen LogP contribution in [0.15, 0.2) is 0 Å². The zero-order chi connectivity index (χ0) is 16.0. The predicted molar refractivity (Wildman–Crippen MR) is 103 cm³/mol. The van der Waals surface area contributed by atoms with Gasteiger partial charge in [0.25, 0.3) is 0 Å². The second-order valence-corrected chi connectivity index (χ2v) is 6.33. The summed E-state index contributed by atoms with van der Waals surface area (Å²) in [5.74, 6) is -0.847. The lowest BCUT2D eigenvalue weighted by Gasteiger charge is -2.19. The highest BCUT2D eigenvalue weighted by atomic mass is 16.6. The molecule has 1 fully saturated rings. The average molecular weight is 353 g/mol. The fourth-order valence-corrected chi connectivity index (χ4v) is 0.824. The van der Waals surface area contributed by atoms with Crippen LogP contribution in [0.5, 0.6) is 0 Å². The van der Waals surface area contributed by atoms with E-state index in [0.717, 1.165) is 13.0 Å². The van der Waals surface area contributed by atoms with Crippen LogP contribution in [0.25, 0.3) is 0 Å². The molecule has 0 bridgehead atoms. The number of hydrogen-bond acceptors (Lipinski definition) is 4. The third kappa shape index (κ3) is 13.3. The number of epoxide rings is 1.